The van der Waals surface area contributed by atoms with E-state index in [2.05, 4.69) is 19.9 Å². The van der Waals surface area contributed by atoms with E-state index in [4.69, 9.17) is 5.73 Å². The maximum atomic E-state index is 12.2. The fraction of sp³-hybridized carbons (Fsp3) is 0.400. The molecule has 7 nitrogen and oxygen atoms in total. The van der Waals surface area contributed by atoms with Gasteiger partial charge in [-0.05, 0) is 17.9 Å². The average Bonchev–Trinajstić information content (AvgIpc) is 2.98. The van der Waals surface area contributed by atoms with E-state index >= 15 is 0 Å². The van der Waals surface area contributed by atoms with E-state index in [1.165, 1.54) is 17.7 Å². The molecule has 19 heavy (non-hydrogen) atoms. The highest BCUT2D eigenvalue weighted by Gasteiger charge is 2.21. The van der Waals surface area contributed by atoms with Gasteiger partial charge < -0.3 is 5.73 Å². The molecule has 0 spiro atoms. The molecule has 0 aliphatic rings. The molecule has 2 aromatic rings. The van der Waals surface area contributed by atoms with Crippen molar-refractivity contribution in [2.45, 2.75) is 24.8 Å². The van der Waals surface area contributed by atoms with Crippen LogP contribution in [-0.2, 0) is 23.0 Å². The predicted octanol–water partition coefficient (Wildman–Crippen LogP) is 0.154. The molecule has 9 heteroatoms. The van der Waals surface area contributed by atoms with E-state index in [9.17, 15) is 8.42 Å². The van der Waals surface area contributed by atoms with Gasteiger partial charge in [0.1, 0.15) is 17.0 Å². The molecule has 2 aromatic heterocycles. The number of aryl methyl sites for hydroxylation is 1. The van der Waals surface area contributed by atoms with Crippen LogP contribution in [0, 0.1) is 6.92 Å². The van der Waals surface area contributed by atoms with Crippen LogP contribution in [0.3, 0.4) is 0 Å². The van der Waals surface area contributed by atoms with Gasteiger partial charge in [-0.2, -0.15) is 5.10 Å². The minimum Gasteiger partial charge on any atom is -0.326 e. The molecule has 0 aliphatic heterocycles. The fourth-order valence-corrected chi connectivity index (χ4v) is 4.45. The van der Waals surface area contributed by atoms with Crippen molar-refractivity contribution in [3.8, 4) is 0 Å². The molecular weight excluding hydrogens is 286 g/mol. The molecule has 0 atom stereocenters. The molecule has 104 valence electrons. The zero-order chi connectivity index (χ0) is 13.9. The third kappa shape index (κ3) is 3.18. The Morgan fingerprint density at radius 3 is 2.95 bits per heavy atom. The molecule has 0 saturated heterocycles. The molecule has 0 aromatic carbocycles. The van der Waals surface area contributed by atoms with Crippen LogP contribution >= 0.6 is 11.3 Å². The summed E-state index contributed by atoms with van der Waals surface area (Å²) in [7, 11) is -3.53. The number of nitrogens with two attached hydrogens (primary N) is 1. The highest BCUT2D eigenvalue weighted by molar-refractivity contribution is 7.89. The number of nitrogens with zero attached hydrogens (tertiary/aromatic N) is 2. The van der Waals surface area contributed by atoms with Crippen LogP contribution in [0.5, 0.6) is 0 Å². The summed E-state index contributed by atoms with van der Waals surface area (Å²) in [5, 5.41) is 8.18. The normalized spacial score (nSPS) is 11.9. The number of aromatic nitrogens is 3. The van der Waals surface area contributed by atoms with Crippen LogP contribution < -0.4 is 10.5 Å². The Morgan fingerprint density at radius 2 is 2.32 bits per heavy atom. The second-order valence-electron chi connectivity index (χ2n) is 3.96. The lowest BCUT2D eigenvalue weighted by molar-refractivity contribution is 0.579. The summed E-state index contributed by atoms with van der Waals surface area (Å²) < 4.78 is 27.0. The summed E-state index contributed by atoms with van der Waals surface area (Å²) in [4.78, 5) is 4.90. The standard InChI is InChI=1S/C10H15N5O2S2/c1-7-5-18-8(4-11)10(7)19(16,17)14-3-2-9-12-6-13-15-9/h5-6,14H,2-4,11H2,1H3,(H,12,13,15). The number of nitrogens with one attached hydrogen (secondary N) is 2. The van der Waals surface area contributed by atoms with Crippen molar-refractivity contribution in [1.82, 2.24) is 19.9 Å². The first-order valence-electron chi connectivity index (χ1n) is 5.65. The third-order valence-electron chi connectivity index (χ3n) is 2.56. The van der Waals surface area contributed by atoms with Gasteiger partial charge in [0.25, 0.3) is 0 Å². The molecule has 0 radical (unpaired) electrons. The van der Waals surface area contributed by atoms with Crippen LogP contribution in [0.25, 0.3) is 0 Å². The molecule has 0 aliphatic carbocycles. The Morgan fingerprint density at radius 1 is 1.53 bits per heavy atom. The first kappa shape index (κ1) is 14.1. The van der Waals surface area contributed by atoms with E-state index < -0.39 is 10.0 Å². The van der Waals surface area contributed by atoms with Crippen molar-refractivity contribution in [1.29, 1.82) is 0 Å². The van der Waals surface area contributed by atoms with Crippen molar-refractivity contribution in [3.63, 3.8) is 0 Å². The summed E-state index contributed by atoms with van der Waals surface area (Å²) in [6.07, 6.45) is 1.85. The molecule has 0 amide bonds. The van der Waals surface area contributed by atoms with Gasteiger partial charge in [0, 0.05) is 24.4 Å². The quantitative estimate of drug-likeness (QED) is 0.703. The highest BCUT2D eigenvalue weighted by atomic mass is 32.2. The summed E-state index contributed by atoms with van der Waals surface area (Å²) in [6.45, 7) is 2.24. The summed E-state index contributed by atoms with van der Waals surface area (Å²) in [5.41, 5.74) is 6.28. The van der Waals surface area contributed by atoms with Crippen molar-refractivity contribution < 1.29 is 8.42 Å². The second-order valence-corrected chi connectivity index (χ2v) is 6.62. The smallest absolute Gasteiger partial charge is 0.241 e. The van der Waals surface area contributed by atoms with Gasteiger partial charge in [0.15, 0.2) is 0 Å². The number of thiophene rings is 1. The second kappa shape index (κ2) is 5.78. The zero-order valence-corrected chi connectivity index (χ0v) is 12.0. The van der Waals surface area contributed by atoms with Gasteiger partial charge in [-0.25, -0.2) is 18.1 Å². The van der Waals surface area contributed by atoms with Gasteiger partial charge in [-0.1, -0.05) is 0 Å². The molecule has 4 N–H and O–H groups in total. The van der Waals surface area contributed by atoms with Crippen LogP contribution in [0.2, 0.25) is 0 Å². The topological polar surface area (TPSA) is 114 Å². The Balaban J connectivity index is 2.07. The van der Waals surface area contributed by atoms with Crippen molar-refractivity contribution in [3.05, 3.63) is 28.0 Å². The van der Waals surface area contributed by atoms with Crippen molar-refractivity contribution in [2.24, 2.45) is 5.73 Å². The van der Waals surface area contributed by atoms with Gasteiger partial charge >= 0.3 is 0 Å². The largest absolute Gasteiger partial charge is 0.326 e. The Bertz CT molecular complexity index is 633. The Labute approximate surface area is 115 Å². The highest BCUT2D eigenvalue weighted by Crippen LogP contribution is 2.26. The minimum absolute atomic E-state index is 0.219. The summed E-state index contributed by atoms with van der Waals surface area (Å²) in [5.74, 6) is 0.642. The lowest BCUT2D eigenvalue weighted by Gasteiger charge is -2.07. The average molecular weight is 301 g/mol. The van der Waals surface area contributed by atoms with Gasteiger partial charge in [-0.3, -0.25) is 5.10 Å². The minimum atomic E-state index is -3.53. The van der Waals surface area contributed by atoms with E-state index in [1.54, 1.807) is 12.3 Å². The maximum absolute atomic E-state index is 12.2. The van der Waals surface area contributed by atoms with E-state index in [0.29, 0.717) is 22.0 Å². The van der Waals surface area contributed by atoms with E-state index in [1.807, 2.05) is 0 Å². The molecule has 2 heterocycles. The van der Waals surface area contributed by atoms with Crippen LogP contribution in [0.4, 0.5) is 0 Å². The first-order chi connectivity index (χ1) is 9.04. The van der Waals surface area contributed by atoms with E-state index in [0.717, 1.165) is 5.56 Å². The van der Waals surface area contributed by atoms with Crippen molar-refractivity contribution >= 4 is 21.4 Å². The van der Waals surface area contributed by atoms with Gasteiger partial charge in [-0.15, -0.1) is 11.3 Å². The SMILES string of the molecule is Cc1csc(CN)c1S(=O)(=O)NCCc1ncn[nH]1. The number of aromatic amines is 1. The number of rotatable bonds is 6. The number of hydrogen-bond donors (Lipinski definition) is 3. The number of hydrogen-bond acceptors (Lipinski definition) is 6. The Hall–Kier alpha value is -1.29. The maximum Gasteiger partial charge on any atom is 0.241 e. The molecule has 0 fully saturated rings. The van der Waals surface area contributed by atoms with Crippen LogP contribution in [0.15, 0.2) is 16.6 Å². The lowest BCUT2D eigenvalue weighted by Crippen LogP contribution is -2.27. The molecule has 0 saturated carbocycles. The first-order valence-corrected chi connectivity index (χ1v) is 8.02. The molecule has 2 rings (SSSR count). The van der Waals surface area contributed by atoms with E-state index in [-0.39, 0.29) is 13.1 Å². The Kier molecular flexibility index (Phi) is 4.30. The number of H-pyrrole nitrogens is 1. The van der Waals surface area contributed by atoms with Crippen LogP contribution in [0.1, 0.15) is 16.3 Å². The zero-order valence-electron chi connectivity index (χ0n) is 10.4. The van der Waals surface area contributed by atoms with Gasteiger partial charge in [0.2, 0.25) is 10.0 Å². The molecule has 0 unspecified atom stereocenters. The monoisotopic (exact) mass is 301 g/mol. The lowest BCUT2D eigenvalue weighted by atomic mass is 10.3. The predicted molar refractivity (Wildman–Crippen MR) is 72.2 cm³/mol. The van der Waals surface area contributed by atoms with Crippen molar-refractivity contribution in [2.75, 3.05) is 6.54 Å². The summed E-state index contributed by atoms with van der Waals surface area (Å²) >= 11 is 1.36. The van der Waals surface area contributed by atoms with Gasteiger partial charge in [0.05, 0.1) is 0 Å². The summed E-state index contributed by atoms with van der Waals surface area (Å²) in [6, 6.07) is 0. The third-order valence-corrected chi connectivity index (χ3v) is 5.51. The molecule has 0 bridgehead atoms. The van der Waals surface area contributed by atoms with Crippen LogP contribution in [-0.4, -0.2) is 30.1 Å². The fourth-order valence-electron chi connectivity index (χ4n) is 1.72. The number of sulfonamides is 1. The molecular formula is C10H15N5O2S2.